The number of nitrogens with one attached hydrogen (secondary N) is 1. The highest BCUT2D eigenvalue weighted by molar-refractivity contribution is 5.67. The third-order valence-corrected chi connectivity index (χ3v) is 4.55. The van der Waals surface area contributed by atoms with Crippen LogP contribution in [0.25, 0.3) is 16.8 Å². The number of aliphatic hydroxyl groups excluding tert-OH is 1. The molecule has 4 heterocycles. The molecule has 1 atom stereocenters. The summed E-state index contributed by atoms with van der Waals surface area (Å²) in [6.07, 6.45) is 10.8. The first-order valence-corrected chi connectivity index (χ1v) is 9.17. The summed E-state index contributed by atoms with van der Waals surface area (Å²) in [7, 11) is 0. The first kappa shape index (κ1) is 18.3. The van der Waals surface area contributed by atoms with Gasteiger partial charge in [-0.25, -0.2) is 4.98 Å². The van der Waals surface area contributed by atoms with Crippen molar-refractivity contribution in [1.82, 2.24) is 24.7 Å². The number of aliphatic hydroxyl groups is 1. The van der Waals surface area contributed by atoms with Gasteiger partial charge >= 0.3 is 0 Å². The highest BCUT2D eigenvalue weighted by atomic mass is 16.5. The van der Waals surface area contributed by atoms with Gasteiger partial charge in [0.1, 0.15) is 12.0 Å². The van der Waals surface area contributed by atoms with Crippen LogP contribution < -0.4 is 5.32 Å². The molecule has 0 fully saturated rings. The molecule has 0 aromatic carbocycles. The van der Waals surface area contributed by atoms with E-state index in [0.29, 0.717) is 19.0 Å². The second kappa shape index (κ2) is 8.28. The van der Waals surface area contributed by atoms with Crippen LogP contribution in [0.2, 0.25) is 0 Å². The summed E-state index contributed by atoms with van der Waals surface area (Å²) < 4.78 is 7.12. The van der Waals surface area contributed by atoms with E-state index in [1.807, 2.05) is 19.2 Å². The first-order valence-electron chi connectivity index (χ1n) is 9.17. The Balaban J connectivity index is 1.39. The van der Waals surface area contributed by atoms with Gasteiger partial charge in [0.05, 0.1) is 37.3 Å². The van der Waals surface area contributed by atoms with Crippen LogP contribution >= 0.6 is 0 Å². The quantitative estimate of drug-likeness (QED) is 0.635. The summed E-state index contributed by atoms with van der Waals surface area (Å²) in [6.45, 7) is 3.67. The van der Waals surface area contributed by atoms with Crippen LogP contribution in [0.5, 0.6) is 0 Å². The number of ether oxygens (including phenoxy) is 1. The molecule has 1 unspecified atom stereocenters. The van der Waals surface area contributed by atoms with E-state index >= 15 is 0 Å². The number of rotatable bonds is 6. The Bertz CT molecular complexity index is 953. The second-order valence-electron chi connectivity index (χ2n) is 6.59. The van der Waals surface area contributed by atoms with E-state index in [1.165, 1.54) is 5.57 Å². The predicted octanol–water partition coefficient (Wildman–Crippen LogP) is 2.28. The molecule has 0 bridgehead atoms. The van der Waals surface area contributed by atoms with Gasteiger partial charge in [-0.3, -0.25) is 14.6 Å². The molecule has 0 radical (unpaired) electrons. The fourth-order valence-electron chi connectivity index (χ4n) is 3.17. The molecular weight excluding hydrogens is 356 g/mol. The lowest BCUT2D eigenvalue weighted by Gasteiger charge is -2.14. The summed E-state index contributed by atoms with van der Waals surface area (Å²) in [6, 6.07) is 3.69. The summed E-state index contributed by atoms with van der Waals surface area (Å²) >= 11 is 0. The molecule has 28 heavy (non-hydrogen) atoms. The van der Waals surface area contributed by atoms with Crippen LogP contribution in [0.15, 0.2) is 49.2 Å². The molecule has 1 aliphatic rings. The summed E-state index contributed by atoms with van der Waals surface area (Å²) in [4.78, 5) is 12.6. The molecule has 8 heteroatoms. The van der Waals surface area contributed by atoms with Gasteiger partial charge in [-0.05, 0) is 31.1 Å². The van der Waals surface area contributed by atoms with Crippen molar-refractivity contribution >= 4 is 11.4 Å². The molecular formula is C20H22N6O2. The molecule has 8 nitrogen and oxygen atoms in total. The van der Waals surface area contributed by atoms with Crippen molar-refractivity contribution in [2.24, 2.45) is 0 Å². The van der Waals surface area contributed by atoms with Crippen molar-refractivity contribution in [3.05, 3.63) is 60.5 Å². The van der Waals surface area contributed by atoms with Crippen molar-refractivity contribution in [3.63, 3.8) is 0 Å². The highest BCUT2D eigenvalue weighted by Gasteiger charge is 2.14. The van der Waals surface area contributed by atoms with Gasteiger partial charge in [-0.2, -0.15) is 5.10 Å². The van der Waals surface area contributed by atoms with Gasteiger partial charge in [0.25, 0.3) is 0 Å². The van der Waals surface area contributed by atoms with Crippen molar-refractivity contribution < 1.29 is 9.84 Å². The number of anilines is 1. The minimum absolute atomic E-state index is 0.318. The second-order valence-corrected chi connectivity index (χ2v) is 6.59. The lowest BCUT2D eigenvalue weighted by atomic mass is 10.0. The largest absolute Gasteiger partial charge is 0.377 e. The third-order valence-electron chi connectivity index (χ3n) is 4.55. The van der Waals surface area contributed by atoms with Crippen molar-refractivity contribution in [3.8, 4) is 11.3 Å². The van der Waals surface area contributed by atoms with E-state index in [1.54, 1.807) is 35.5 Å². The normalized spacial score (nSPS) is 15.1. The highest BCUT2D eigenvalue weighted by Crippen LogP contribution is 2.23. The number of aryl methyl sites for hydroxylation is 1. The number of hydrogen-bond donors (Lipinski definition) is 2. The molecule has 0 saturated heterocycles. The maximum absolute atomic E-state index is 10.4. The van der Waals surface area contributed by atoms with Crippen LogP contribution in [0, 0.1) is 6.92 Å². The maximum atomic E-state index is 10.4. The monoisotopic (exact) mass is 378 g/mol. The van der Waals surface area contributed by atoms with E-state index in [4.69, 9.17) is 4.74 Å². The zero-order valence-electron chi connectivity index (χ0n) is 15.6. The Hall–Kier alpha value is -3.10. The number of hydrogen-bond acceptors (Lipinski definition) is 7. The number of nitrogens with zero attached hydrogens (tertiary/aromatic N) is 5. The third kappa shape index (κ3) is 4.24. The smallest absolute Gasteiger partial charge is 0.145 e. The standard InChI is InChI=1S/C20H22N6O2/c1-14-17(15-4-8-28-9-5-15)12-26(25-14)13-20(27)24-19-3-2-16(10-23-19)18-11-21-6-7-22-18/h2-4,6-7,10-12,20,27H,5,8-9,13H2,1H3,(H,23,24). The van der Waals surface area contributed by atoms with Crippen molar-refractivity contribution in [1.29, 1.82) is 0 Å². The molecule has 4 rings (SSSR count). The fourth-order valence-corrected chi connectivity index (χ4v) is 3.17. The fraction of sp³-hybridized carbons (Fsp3) is 0.300. The summed E-state index contributed by atoms with van der Waals surface area (Å²) in [5.41, 5.74) is 4.93. The van der Waals surface area contributed by atoms with Crippen LogP contribution in [-0.4, -0.2) is 49.3 Å². The average molecular weight is 378 g/mol. The first-order chi connectivity index (χ1) is 13.7. The molecule has 2 N–H and O–H groups in total. The van der Waals surface area contributed by atoms with Gasteiger partial charge < -0.3 is 15.2 Å². The molecule has 3 aromatic heterocycles. The molecule has 0 saturated carbocycles. The van der Waals surface area contributed by atoms with Crippen molar-refractivity contribution in [2.75, 3.05) is 18.5 Å². The van der Waals surface area contributed by atoms with E-state index < -0.39 is 6.23 Å². The van der Waals surface area contributed by atoms with Gasteiger partial charge in [0.2, 0.25) is 0 Å². The van der Waals surface area contributed by atoms with Gasteiger partial charge in [-0.1, -0.05) is 6.08 Å². The molecule has 0 aliphatic carbocycles. The number of aromatic nitrogens is 5. The Kier molecular flexibility index (Phi) is 5.41. The molecule has 3 aromatic rings. The Morgan fingerprint density at radius 3 is 2.89 bits per heavy atom. The Morgan fingerprint density at radius 1 is 1.25 bits per heavy atom. The predicted molar refractivity (Wildman–Crippen MR) is 105 cm³/mol. The van der Waals surface area contributed by atoms with Crippen LogP contribution in [0.4, 0.5) is 5.82 Å². The molecule has 1 aliphatic heterocycles. The average Bonchev–Trinajstić information content (AvgIpc) is 3.09. The van der Waals surface area contributed by atoms with Gasteiger partial charge in [0, 0.05) is 35.9 Å². The van der Waals surface area contributed by atoms with E-state index in [-0.39, 0.29) is 0 Å². The Labute approximate surface area is 162 Å². The minimum Gasteiger partial charge on any atom is -0.377 e. The minimum atomic E-state index is -0.814. The lowest BCUT2D eigenvalue weighted by molar-refractivity contribution is 0.161. The summed E-state index contributed by atoms with van der Waals surface area (Å²) in [5, 5.41) is 17.9. The van der Waals surface area contributed by atoms with E-state index in [9.17, 15) is 5.11 Å². The van der Waals surface area contributed by atoms with E-state index in [2.05, 4.69) is 31.4 Å². The van der Waals surface area contributed by atoms with Crippen LogP contribution in [0.1, 0.15) is 17.7 Å². The van der Waals surface area contributed by atoms with E-state index in [0.717, 1.165) is 35.5 Å². The zero-order chi connectivity index (χ0) is 19.3. The Morgan fingerprint density at radius 2 is 2.18 bits per heavy atom. The zero-order valence-corrected chi connectivity index (χ0v) is 15.6. The summed E-state index contributed by atoms with van der Waals surface area (Å²) in [5.74, 6) is 0.580. The number of pyridine rings is 1. The topological polar surface area (TPSA) is 98.0 Å². The molecule has 0 amide bonds. The maximum Gasteiger partial charge on any atom is 0.145 e. The van der Waals surface area contributed by atoms with Gasteiger partial charge in [0.15, 0.2) is 0 Å². The van der Waals surface area contributed by atoms with Crippen molar-refractivity contribution in [2.45, 2.75) is 26.1 Å². The van der Waals surface area contributed by atoms with Crippen LogP contribution in [-0.2, 0) is 11.3 Å². The van der Waals surface area contributed by atoms with Crippen LogP contribution in [0.3, 0.4) is 0 Å². The SMILES string of the molecule is Cc1nn(CC(O)Nc2ccc(-c3cnccn3)cn2)cc1C1=CCOCC1. The molecule has 144 valence electrons. The lowest BCUT2D eigenvalue weighted by Crippen LogP contribution is -2.25. The van der Waals surface area contributed by atoms with Gasteiger partial charge in [-0.15, -0.1) is 0 Å². The molecule has 0 spiro atoms.